The lowest BCUT2D eigenvalue weighted by Gasteiger charge is -2.25. The van der Waals surface area contributed by atoms with Crippen LogP contribution in [-0.2, 0) is 0 Å². The molecule has 0 aromatic carbocycles. The number of hydrogen-bond acceptors (Lipinski definition) is 3. The van der Waals surface area contributed by atoms with E-state index in [0.29, 0.717) is 6.04 Å². The molecule has 3 heteroatoms. The fourth-order valence-electron chi connectivity index (χ4n) is 3.55. The third-order valence-corrected chi connectivity index (χ3v) is 4.55. The topological polar surface area (TPSA) is 19.4 Å². The van der Waals surface area contributed by atoms with Gasteiger partial charge in [-0.3, -0.25) is 9.88 Å². The smallest absolute Gasteiger partial charge is 0.0363 e. The highest BCUT2D eigenvalue weighted by Gasteiger charge is 2.25. The molecule has 2 aliphatic rings. The summed E-state index contributed by atoms with van der Waals surface area (Å²) >= 11 is 0. The SMILES string of the molecule is c1cncc([C@@H]2CCCN2CCCN2CCCC2)c1. The molecule has 0 unspecified atom stereocenters. The van der Waals surface area contributed by atoms with Crippen LogP contribution in [0.4, 0.5) is 0 Å². The van der Waals surface area contributed by atoms with E-state index < -0.39 is 0 Å². The summed E-state index contributed by atoms with van der Waals surface area (Å²) in [6.07, 6.45) is 10.7. The molecule has 3 nitrogen and oxygen atoms in total. The van der Waals surface area contributed by atoms with Crippen LogP contribution in [0.2, 0.25) is 0 Å². The molecule has 0 radical (unpaired) electrons. The van der Waals surface area contributed by atoms with E-state index in [9.17, 15) is 0 Å². The maximum Gasteiger partial charge on any atom is 0.0363 e. The van der Waals surface area contributed by atoms with E-state index >= 15 is 0 Å². The minimum Gasteiger partial charge on any atom is -0.303 e. The fraction of sp³-hybridized carbons (Fsp3) is 0.688. The van der Waals surface area contributed by atoms with E-state index in [-0.39, 0.29) is 0 Å². The lowest BCUT2D eigenvalue weighted by Crippen LogP contribution is -2.28. The highest BCUT2D eigenvalue weighted by Crippen LogP contribution is 2.31. The van der Waals surface area contributed by atoms with Gasteiger partial charge in [-0.05, 0) is 76.5 Å². The fourth-order valence-corrected chi connectivity index (χ4v) is 3.55. The molecule has 2 fully saturated rings. The van der Waals surface area contributed by atoms with E-state index in [1.165, 1.54) is 70.4 Å². The molecule has 1 aromatic rings. The van der Waals surface area contributed by atoms with Crippen LogP contribution in [0.5, 0.6) is 0 Å². The van der Waals surface area contributed by atoms with Crippen molar-refractivity contribution in [2.45, 2.75) is 38.1 Å². The van der Waals surface area contributed by atoms with Crippen LogP contribution in [0.25, 0.3) is 0 Å². The van der Waals surface area contributed by atoms with Crippen molar-refractivity contribution >= 4 is 0 Å². The van der Waals surface area contributed by atoms with E-state index in [2.05, 4.69) is 26.9 Å². The standard InChI is InChI=1S/C16H25N3/c1-2-10-18(9-1)11-5-13-19-12-4-7-16(19)15-6-3-8-17-14-15/h3,6,8,14,16H,1-2,4-5,7,9-13H2/t16-/m0/s1. The average molecular weight is 259 g/mol. The Kier molecular flexibility index (Phi) is 4.46. The maximum absolute atomic E-state index is 4.27. The summed E-state index contributed by atoms with van der Waals surface area (Å²) in [5.74, 6) is 0. The predicted octanol–water partition coefficient (Wildman–Crippen LogP) is 2.70. The van der Waals surface area contributed by atoms with Crippen molar-refractivity contribution in [1.29, 1.82) is 0 Å². The number of rotatable bonds is 5. The van der Waals surface area contributed by atoms with Crippen LogP contribution in [0.3, 0.4) is 0 Å². The van der Waals surface area contributed by atoms with E-state index in [0.717, 1.165) is 0 Å². The van der Waals surface area contributed by atoms with Crippen LogP contribution in [0.1, 0.15) is 43.7 Å². The normalized spacial score (nSPS) is 25.2. The van der Waals surface area contributed by atoms with Gasteiger partial charge in [-0.25, -0.2) is 0 Å². The monoisotopic (exact) mass is 259 g/mol. The lowest BCUT2D eigenvalue weighted by atomic mass is 10.1. The highest BCUT2D eigenvalue weighted by atomic mass is 15.2. The van der Waals surface area contributed by atoms with Crippen molar-refractivity contribution < 1.29 is 0 Å². The summed E-state index contributed by atoms with van der Waals surface area (Å²) in [6.45, 7) is 6.45. The number of nitrogens with zero attached hydrogens (tertiary/aromatic N) is 3. The molecule has 0 saturated carbocycles. The largest absolute Gasteiger partial charge is 0.303 e. The van der Waals surface area contributed by atoms with Gasteiger partial charge in [0.2, 0.25) is 0 Å². The number of likely N-dealkylation sites (tertiary alicyclic amines) is 2. The Morgan fingerprint density at radius 2 is 2.00 bits per heavy atom. The minimum atomic E-state index is 0.618. The molecule has 3 heterocycles. The van der Waals surface area contributed by atoms with Gasteiger partial charge in [0.25, 0.3) is 0 Å². The summed E-state index contributed by atoms with van der Waals surface area (Å²) in [5.41, 5.74) is 1.40. The van der Waals surface area contributed by atoms with Crippen molar-refractivity contribution in [2.24, 2.45) is 0 Å². The quantitative estimate of drug-likeness (QED) is 0.810. The van der Waals surface area contributed by atoms with Gasteiger partial charge in [0.05, 0.1) is 0 Å². The number of pyridine rings is 1. The molecule has 0 amide bonds. The molecule has 0 aliphatic carbocycles. The first-order chi connectivity index (χ1) is 9.43. The zero-order valence-electron chi connectivity index (χ0n) is 11.8. The second-order valence-electron chi connectivity index (χ2n) is 5.88. The Hall–Kier alpha value is -0.930. The predicted molar refractivity (Wildman–Crippen MR) is 78.1 cm³/mol. The Labute approximate surface area is 116 Å². The number of aromatic nitrogens is 1. The van der Waals surface area contributed by atoms with Gasteiger partial charge in [0.15, 0.2) is 0 Å². The summed E-state index contributed by atoms with van der Waals surface area (Å²) < 4.78 is 0. The molecule has 3 rings (SSSR count). The highest BCUT2D eigenvalue weighted by molar-refractivity contribution is 5.15. The van der Waals surface area contributed by atoms with Crippen LogP contribution < -0.4 is 0 Å². The van der Waals surface area contributed by atoms with Gasteiger partial charge >= 0.3 is 0 Å². The molecule has 104 valence electrons. The molecule has 2 aliphatic heterocycles. The Bertz CT molecular complexity index is 373. The summed E-state index contributed by atoms with van der Waals surface area (Å²) in [7, 11) is 0. The lowest BCUT2D eigenvalue weighted by molar-refractivity contribution is 0.232. The van der Waals surface area contributed by atoms with Crippen molar-refractivity contribution in [1.82, 2.24) is 14.8 Å². The Morgan fingerprint density at radius 3 is 2.79 bits per heavy atom. The van der Waals surface area contributed by atoms with Gasteiger partial charge in [-0.15, -0.1) is 0 Å². The van der Waals surface area contributed by atoms with Gasteiger partial charge in [0.1, 0.15) is 0 Å². The van der Waals surface area contributed by atoms with Gasteiger partial charge in [0, 0.05) is 18.4 Å². The molecular formula is C16H25N3. The second kappa shape index (κ2) is 6.49. The molecule has 1 aromatic heterocycles. The van der Waals surface area contributed by atoms with Gasteiger partial charge in [-0.2, -0.15) is 0 Å². The molecular weight excluding hydrogens is 234 g/mol. The van der Waals surface area contributed by atoms with Crippen molar-refractivity contribution in [2.75, 3.05) is 32.7 Å². The summed E-state index contributed by atoms with van der Waals surface area (Å²) in [4.78, 5) is 9.55. The summed E-state index contributed by atoms with van der Waals surface area (Å²) in [5, 5.41) is 0. The van der Waals surface area contributed by atoms with E-state index in [1.54, 1.807) is 0 Å². The first kappa shape index (κ1) is 13.1. The van der Waals surface area contributed by atoms with Crippen LogP contribution in [0, 0.1) is 0 Å². The average Bonchev–Trinajstić information content (AvgIpc) is 3.11. The molecule has 19 heavy (non-hydrogen) atoms. The summed E-state index contributed by atoms with van der Waals surface area (Å²) in [6, 6.07) is 4.92. The zero-order valence-corrected chi connectivity index (χ0v) is 11.8. The van der Waals surface area contributed by atoms with E-state index in [1.807, 2.05) is 12.4 Å². The Balaban J connectivity index is 1.49. The van der Waals surface area contributed by atoms with Crippen LogP contribution >= 0.6 is 0 Å². The molecule has 0 bridgehead atoms. The van der Waals surface area contributed by atoms with Crippen molar-refractivity contribution in [3.8, 4) is 0 Å². The maximum atomic E-state index is 4.27. The first-order valence-electron chi connectivity index (χ1n) is 7.80. The van der Waals surface area contributed by atoms with Crippen molar-refractivity contribution in [3.05, 3.63) is 30.1 Å². The zero-order chi connectivity index (χ0) is 12.9. The minimum absolute atomic E-state index is 0.618. The van der Waals surface area contributed by atoms with Crippen molar-refractivity contribution in [3.63, 3.8) is 0 Å². The molecule has 1 atom stereocenters. The van der Waals surface area contributed by atoms with Gasteiger partial charge in [-0.1, -0.05) is 6.07 Å². The van der Waals surface area contributed by atoms with Gasteiger partial charge < -0.3 is 4.90 Å². The molecule has 0 spiro atoms. The van der Waals surface area contributed by atoms with Crippen LogP contribution in [-0.4, -0.2) is 47.5 Å². The Morgan fingerprint density at radius 1 is 1.11 bits per heavy atom. The third kappa shape index (κ3) is 3.34. The third-order valence-electron chi connectivity index (χ3n) is 4.55. The van der Waals surface area contributed by atoms with E-state index in [4.69, 9.17) is 0 Å². The first-order valence-corrected chi connectivity index (χ1v) is 7.80. The molecule has 0 N–H and O–H groups in total. The second-order valence-corrected chi connectivity index (χ2v) is 5.88. The van der Waals surface area contributed by atoms with Crippen LogP contribution in [0.15, 0.2) is 24.5 Å². The molecule has 2 saturated heterocycles. The number of hydrogen-bond donors (Lipinski definition) is 0.